The summed E-state index contributed by atoms with van der Waals surface area (Å²) in [4.78, 5) is 17.6. The van der Waals surface area contributed by atoms with Gasteiger partial charge in [-0.15, -0.1) is 0 Å². The van der Waals surface area contributed by atoms with Crippen LogP contribution in [-0.2, 0) is 12.7 Å². The van der Waals surface area contributed by atoms with Gasteiger partial charge in [-0.3, -0.25) is 4.57 Å². The summed E-state index contributed by atoms with van der Waals surface area (Å²) in [6, 6.07) is 7.79. The summed E-state index contributed by atoms with van der Waals surface area (Å²) < 4.78 is 83.9. The molecule has 2 aliphatic rings. The number of hydrogen-bond donors (Lipinski definition) is 1. The maximum atomic E-state index is 13.9. The van der Waals surface area contributed by atoms with Crippen molar-refractivity contribution < 1.29 is 26.3 Å². The highest BCUT2D eigenvalue weighted by atomic mass is 32.2. The molecule has 2 unspecified atom stereocenters. The maximum absolute atomic E-state index is 13.9. The van der Waals surface area contributed by atoms with Crippen molar-refractivity contribution in [3.63, 3.8) is 0 Å². The van der Waals surface area contributed by atoms with Gasteiger partial charge in [0.1, 0.15) is 5.82 Å². The molecule has 3 aromatic rings. The van der Waals surface area contributed by atoms with Gasteiger partial charge in [-0.2, -0.15) is 13.2 Å². The van der Waals surface area contributed by atoms with E-state index < -0.39 is 46.5 Å². The zero-order valence-corrected chi connectivity index (χ0v) is 18.6. The van der Waals surface area contributed by atoms with Gasteiger partial charge in [0.2, 0.25) is 0 Å². The molecule has 0 amide bonds. The summed E-state index contributed by atoms with van der Waals surface area (Å²) in [7, 11) is -1.46. The van der Waals surface area contributed by atoms with Crippen LogP contribution in [0.1, 0.15) is 36.3 Å². The van der Waals surface area contributed by atoms with E-state index in [1.165, 1.54) is 22.8 Å². The van der Waals surface area contributed by atoms with E-state index in [4.69, 9.17) is 0 Å². The molecule has 0 radical (unpaired) electrons. The van der Waals surface area contributed by atoms with E-state index >= 15 is 0 Å². The molecule has 1 aromatic heterocycles. The summed E-state index contributed by atoms with van der Waals surface area (Å²) in [6.45, 7) is 0.148. The van der Waals surface area contributed by atoms with Crippen LogP contribution in [0, 0.1) is 5.82 Å². The Morgan fingerprint density at radius 1 is 1.12 bits per heavy atom. The van der Waals surface area contributed by atoms with Gasteiger partial charge in [-0.05, 0) is 46.9 Å². The average Bonchev–Trinajstić information content (AvgIpc) is 2.95. The Morgan fingerprint density at radius 2 is 1.85 bits per heavy atom. The molecule has 0 bridgehead atoms. The lowest BCUT2D eigenvalue weighted by atomic mass is 10.0. The fourth-order valence-corrected chi connectivity index (χ4v) is 7.71. The molecule has 0 N–H and O–H groups in total. The smallest absolute Gasteiger partial charge is 0.290 e. The third-order valence-electron chi connectivity index (χ3n) is 6.43. The van der Waals surface area contributed by atoms with Crippen molar-refractivity contribution in [1.82, 2.24) is 9.55 Å². The van der Waals surface area contributed by atoms with Crippen molar-refractivity contribution in [3.05, 3.63) is 81.0 Å². The van der Waals surface area contributed by atoms with Crippen LogP contribution in [0.4, 0.5) is 26.3 Å². The molecule has 0 saturated carbocycles. The predicted octanol–water partition coefficient (Wildman–Crippen LogP) is 6.42. The van der Waals surface area contributed by atoms with Crippen molar-refractivity contribution in [2.24, 2.45) is 0 Å². The molecule has 1 aliphatic heterocycles. The van der Waals surface area contributed by atoms with Crippen molar-refractivity contribution in [2.45, 2.75) is 48.7 Å². The van der Waals surface area contributed by atoms with Gasteiger partial charge in [0, 0.05) is 41.8 Å². The van der Waals surface area contributed by atoms with Gasteiger partial charge >= 0.3 is 11.9 Å². The number of halogens is 6. The number of alkyl halides is 5. The minimum atomic E-state index is -4.62. The summed E-state index contributed by atoms with van der Waals surface area (Å²) in [6.07, 6.45) is -2.79. The van der Waals surface area contributed by atoms with Crippen LogP contribution >= 0.6 is 10.9 Å². The summed E-state index contributed by atoms with van der Waals surface area (Å²) in [5, 5.41) is 0.179. The molecule has 0 spiro atoms. The molecule has 34 heavy (non-hydrogen) atoms. The highest BCUT2D eigenvalue weighted by molar-refractivity contribution is 8.20. The number of rotatable bonds is 2. The van der Waals surface area contributed by atoms with Gasteiger partial charge < -0.3 is 0 Å². The Labute approximate surface area is 193 Å². The zero-order valence-electron chi connectivity index (χ0n) is 17.7. The zero-order chi connectivity index (χ0) is 24.3. The number of thiol groups is 1. The Bertz CT molecular complexity index is 1350. The van der Waals surface area contributed by atoms with Crippen molar-refractivity contribution >= 4 is 21.8 Å². The molecule has 0 fully saturated rings. The van der Waals surface area contributed by atoms with Crippen LogP contribution in [0.2, 0.25) is 0 Å². The molecule has 3 nitrogen and oxygen atoms in total. The van der Waals surface area contributed by atoms with E-state index in [-0.39, 0.29) is 30.7 Å². The molecule has 0 saturated heterocycles. The number of aromatic nitrogens is 2. The van der Waals surface area contributed by atoms with Crippen LogP contribution < -0.4 is 5.69 Å². The van der Waals surface area contributed by atoms with E-state index in [1.54, 1.807) is 12.1 Å². The highest BCUT2D eigenvalue weighted by Gasteiger charge is 2.37. The van der Waals surface area contributed by atoms with Gasteiger partial charge in [-0.25, -0.2) is 33.8 Å². The molecular weight excluding hydrogens is 478 g/mol. The van der Waals surface area contributed by atoms with E-state index in [9.17, 15) is 31.1 Å². The number of hydrogen-bond acceptors (Lipinski definition) is 2. The first-order valence-corrected chi connectivity index (χ1v) is 12.3. The fraction of sp³-hybridized carbons (Fsp3) is 0.333. The van der Waals surface area contributed by atoms with E-state index in [0.717, 1.165) is 23.9 Å². The largest absolute Gasteiger partial charge is 0.416 e. The normalized spacial score (nSPS) is 23.4. The first kappa shape index (κ1) is 23.0. The molecule has 2 aromatic carbocycles. The number of nitrogens with zero attached hydrogens (tertiary/aromatic N) is 2. The first-order valence-electron chi connectivity index (χ1n) is 10.7. The first-order chi connectivity index (χ1) is 16.0. The van der Waals surface area contributed by atoms with Gasteiger partial charge in [-0.1, -0.05) is 18.2 Å². The Morgan fingerprint density at radius 3 is 2.50 bits per heavy atom. The Kier molecular flexibility index (Phi) is 5.54. The highest BCUT2D eigenvalue weighted by Crippen LogP contribution is 2.55. The van der Waals surface area contributed by atoms with Crippen LogP contribution in [0.15, 0.2) is 63.3 Å². The second kappa shape index (κ2) is 8.18. The number of benzene rings is 2. The lowest BCUT2D eigenvalue weighted by Crippen LogP contribution is -2.25. The van der Waals surface area contributed by atoms with E-state index in [1.807, 2.05) is 0 Å². The fourth-order valence-electron chi connectivity index (χ4n) is 4.70. The van der Waals surface area contributed by atoms with Crippen molar-refractivity contribution in [3.8, 4) is 0 Å². The molecule has 2 atom stereocenters. The van der Waals surface area contributed by atoms with Crippen molar-refractivity contribution in [1.29, 1.82) is 0 Å². The molecule has 2 heterocycles. The summed E-state index contributed by atoms with van der Waals surface area (Å²) in [5.41, 5.74) is -0.372. The summed E-state index contributed by atoms with van der Waals surface area (Å²) in [5.74, 6) is -3.25. The Balaban J connectivity index is 1.75. The second-order valence-corrected chi connectivity index (χ2v) is 11.0. The van der Waals surface area contributed by atoms with E-state index in [2.05, 4.69) is 4.98 Å². The third-order valence-corrected chi connectivity index (χ3v) is 9.26. The lowest BCUT2D eigenvalue weighted by Gasteiger charge is -2.32. The van der Waals surface area contributed by atoms with E-state index in [0.29, 0.717) is 21.1 Å². The van der Waals surface area contributed by atoms with Crippen LogP contribution in [0.25, 0.3) is 10.9 Å². The third kappa shape index (κ3) is 4.23. The van der Waals surface area contributed by atoms with Gasteiger partial charge in [0.05, 0.1) is 11.1 Å². The van der Waals surface area contributed by atoms with Crippen LogP contribution in [-0.4, -0.2) is 21.2 Å². The minimum absolute atomic E-state index is 0.0713. The molecule has 180 valence electrons. The standard InChI is InChI=1S/C24H20F6N2OS/c25-18-3-1-14(2-4-18)16-12-32-21-15(11-31-22(32)33)9-17(24(28,29)30)10-20(21)34(13-16)19-5-7-23(26,27)8-6-19/h1-5,9-11,16,34H,6-8,12-13H2. The van der Waals surface area contributed by atoms with Gasteiger partial charge in [0.15, 0.2) is 0 Å². The average molecular weight is 498 g/mol. The summed E-state index contributed by atoms with van der Waals surface area (Å²) >= 11 is 0. The molecular formula is C24H20F6N2OS. The molecule has 10 heteroatoms. The monoisotopic (exact) mass is 498 g/mol. The topological polar surface area (TPSA) is 34.9 Å². The SMILES string of the molecule is O=c1ncc2cc(C(F)(F)F)cc3c2n1CC(c1ccc(F)cc1)C[SH]3C1=CCC(F)(F)CC1. The predicted molar refractivity (Wildman–Crippen MR) is 119 cm³/mol. The lowest BCUT2D eigenvalue weighted by molar-refractivity contribution is -0.137. The maximum Gasteiger partial charge on any atom is 0.416 e. The Hall–Kier alpha value is -2.75. The van der Waals surface area contributed by atoms with Crippen molar-refractivity contribution in [2.75, 3.05) is 5.75 Å². The number of allylic oxidation sites excluding steroid dienone is 2. The minimum Gasteiger partial charge on any atom is -0.290 e. The molecule has 5 rings (SSSR count). The van der Waals surface area contributed by atoms with Gasteiger partial charge in [0.25, 0.3) is 5.92 Å². The van der Waals surface area contributed by atoms with Crippen LogP contribution in [0.5, 0.6) is 0 Å². The second-order valence-electron chi connectivity index (χ2n) is 8.70. The molecule has 1 aliphatic carbocycles. The quantitative estimate of drug-likeness (QED) is 0.327. The van der Waals surface area contributed by atoms with Crippen LogP contribution in [0.3, 0.4) is 0 Å².